The Morgan fingerprint density at radius 2 is 1.97 bits per heavy atom. The van der Waals surface area contributed by atoms with E-state index in [2.05, 4.69) is 15.3 Å². The van der Waals surface area contributed by atoms with Gasteiger partial charge in [0, 0.05) is 18.5 Å². The number of nitrogens with one attached hydrogen (secondary N) is 1. The van der Waals surface area contributed by atoms with E-state index in [0.29, 0.717) is 46.8 Å². The number of carbonyl (C=O) groups is 1. The maximum Gasteiger partial charge on any atom is 0.255 e. The number of nitrogen functional groups attached to an aromatic ring is 1. The molecule has 0 saturated heterocycles. The first-order valence-corrected chi connectivity index (χ1v) is 12.0. The second-order valence-corrected chi connectivity index (χ2v) is 8.65. The number of ether oxygens (including phenoxy) is 2. The van der Waals surface area contributed by atoms with Gasteiger partial charge in [-0.1, -0.05) is 48.6 Å². The molecule has 0 fully saturated rings. The van der Waals surface area contributed by atoms with E-state index in [-0.39, 0.29) is 31.3 Å². The summed E-state index contributed by atoms with van der Waals surface area (Å²) in [5, 5.41) is 17.5. The van der Waals surface area contributed by atoms with Gasteiger partial charge in [-0.25, -0.2) is 14.6 Å². The van der Waals surface area contributed by atoms with E-state index < -0.39 is 0 Å². The molecule has 0 spiro atoms. The van der Waals surface area contributed by atoms with Crippen LogP contribution < -0.4 is 15.8 Å². The van der Waals surface area contributed by atoms with Crippen LogP contribution in [0.2, 0.25) is 0 Å². The van der Waals surface area contributed by atoms with Crippen LogP contribution in [0.3, 0.4) is 0 Å². The van der Waals surface area contributed by atoms with Gasteiger partial charge < -0.3 is 25.6 Å². The fourth-order valence-electron chi connectivity index (χ4n) is 4.48. The summed E-state index contributed by atoms with van der Waals surface area (Å²) in [6.07, 6.45) is 6.04. The molecule has 0 radical (unpaired) electrons. The molecule has 10 heteroatoms. The summed E-state index contributed by atoms with van der Waals surface area (Å²) in [5.74, 6) is 0.678. The Kier molecular flexibility index (Phi) is 7.11. The monoisotopic (exact) mass is 500 g/mol. The summed E-state index contributed by atoms with van der Waals surface area (Å²) in [6.45, 7) is 0.626. The van der Waals surface area contributed by atoms with Crippen molar-refractivity contribution in [2.45, 2.75) is 25.1 Å². The zero-order chi connectivity index (χ0) is 25.8. The number of allylic oxidation sites excluding steroid dienone is 1. The molecule has 2 aromatic heterocycles. The van der Waals surface area contributed by atoms with E-state index in [1.165, 1.54) is 6.33 Å². The van der Waals surface area contributed by atoms with Crippen molar-refractivity contribution in [2.75, 3.05) is 26.1 Å². The number of methoxy groups -OCH3 is 1. The third-order valence-electron chi connectivity index (χ3n) is 6.31. The lowest BCUT2D eigenvalue weighted by Crippen LogP contribution is -2.23. The van der Waals surface area contributed by atoms with Crippen LogP contribution in [0.1, 0.15) is 28.4 Å². The van der Waals surface area contributed by atoms with Crippen LogP contribution >= 0.6 is 0 Å². The van der Waals surface area contributed by atoms with Crippen LogP contribution in [0.4, 0.5) is 5.82 Å². The molecule has 2 atom stereocenters. The summed E-state index contributed by atoms with van der Waals surface area (Å²) in [7, 11) is 1.54. The van der Waals surface area contributed by atoms with Gasteiger partial charge in [-0.15, -0.1) is 0 Å². The Hall–Kier alpha value is -4.28. The van der Waals surface area contributed by atoms with Crippen molar-refractivity contribution in [1.29, 1.82) is 0 Å². The third-order valence-corrected chi connectivity index (χ3v) is 6.31. The first-order chi connectivity index (χ1) is 18.1. The molecule has 0 unspecified atom stereocenters. The number of nitrogens with two attached hydrogens (primary N) is 1. The molecule has 4 aromatic rings. The lowest BCUT2D eigenvalue weighted by Gasteiger charge is -2.13. The molecule has 1 aliphatic carbocycles. The highest BCUT2D eigenvalue weighted by atomic mass is 16.5. The Labute approximate surface area is 213 Å². The van der Waals surface area contributed by atoms with E-state index in [0.717, 1.165) is 11.1 Å². The zero-order valence-electron chi connectivity index (χ0n) is 20.4. The van der Waals surface area contributed by atoms with Crippen molar-refractivity contribution in [3.05, 3.63) is 78.1 Å². The van der Waals surface area contributed by atoms with Gasteiger partial charge in [0.05, 0.1) is 43.4 Å². The van der Waals surface area contributed by atoms with Crippen molar-refractivity contribution in [2.24, 2.45) is 0 Å². The highest BCUT2D eigenvalue weighted by Gasteiger charge is 2.26. The van der Waals surface area contributed by atoms with Crippen molar-refractivity contribution in [3.8, 4) is 17.0 Å². The van der Waals surface area contributed by atoms with Gasteiger partial charge in [0.2, 0.25) is 0 Å². The second kappa shape index (κ2) is 10.8. The number of para-hydroxylation sites is 1. The Morgan fingerprint density at radius 3 is 2.76 bits per heavy atom. The highest BCUT2D eigenvalue weighted by Crippen LogP contribution is 2.34. The summed E-state index contributed by atoms with van der Waals surface area (Å²) in [4.78, 5) is 21.3. The highest BCUT2D eigenvalue weighted by molar-refractivity contribution is 5.98. The lowest BCUT2D eigenvalue weighted by atomic mass is 10.1. The number of fused-ring (bicyclic) bond motifs is 1. The molecule has 0 saturated carbocycles. The Morgan fingerprint density at radius 1 is 1.16 bits per heavy atom. The minimum absolute atomic E-state index is 0.0201. The van der Waals surface area contributed by atoms with Crippen molar-refractivity contribution >= 4 is 22.8 Å². The third kappa shape index (κ3) is 5.02. The largest absolute Gasteiger partial charge is 0.496 e. The maximum absolute atomic E-state index is 12.6. The normalized spacial score (nSPS) is 16.8. The van der Waals surface area contributed by atoms with Gasteiger partial charge >= 0.3 is 0 Å². The molecular formula is C27H28N6O4. The van der Waals surface area contributed by atoms with Crippen molar-refractivity contribution in [3.63, 3.8) is 0 Å². The number of hydrogen-bond acceptors (Lipinski definition) is 8. The fraction of sp³-hybridized carbons (Fsp3) is 0.259. The average molecular weight is 501 g/mol. The average Bonchev–Trinajstić information content (AvgIpc) is 3.56. The Bertz CT molecular complexity index is 1430. The number of nitrogens with zero attached hydrogens (tertiary/aromatic N) is 4. The van der Waals surface area contributed by atoms with E-state index in [1.54, 1.807) is 25.3 Å². The van der Waals surface area contributed by atoms with Crippen LogP contribution in [-0.2, 0) is 11.3 Å². The van der Waals surface area contributed by atoms with E-state index in [4.69, 9.17) is 25.4 Å². The SMILES string of the molecule is COc1ccccc1C(=O)NCc1ccc(-c2nn([C@H]3C=C[C@H](OCCO)C3)c3ncnc(N)c23)cc1. The number of rotatable bonds is 9. The number of benzene rings is 2. The number of hydrogen-bond donors (Lipinski definition) is 3. The summed E-state index contributed by atoms with van der Waals surface area (Å²) < 4.78 is 12.8. The van der Waals surface area contributed by atoms with E-state index in [1.807, 2.05) is 47.2 Å². The molecule has 4 N–H and O–H groups in total. The summed E-state index contributed by atoms with van der Waals surface area (Å²) in [6, 6.07) is 14.8. The number of anilines is 1. The molecule has 2 heterocycles. The lowest BCUT2D eigenvalue weighted by molar-refractivity contribution is 0.0505. The number of aliphatic hydroxyl groups is 1. The molecule has 1 aliphatic rings. The number of carbonyl (C=O) groups excluding carboxylic acids is 1. The minimum Gasteiger partial charge on any atom is -0.496 e. The number of aromatic nitrogens is 4. The van der Waals surface area contributed by atoms with Gasteiger partial charge in [0.1, 0.15) is 23.6 Å². The number of amides is 1. The zero-order valence-corrected chi connectivity index (χ0v) is 20.4. The van der Waals surface area contributed by atoms with E-state index >= 15 is 0 Å². The van der Waals surface area contributed by atoms with E-state index in [9.17, 15) is 4.79 Å². The molecule has 2 aromatic carbocycles. The van der Waals surface area contributed by atoms with Crippen LogP contribution in [-0.4, -0.2) is 57.2 Å². The van der Waals surface area contributed by atoms with Crippen LogP contribution in [0.5, 0.6) is 5.75 Å². The first kappa shape index (κ1) is 24.4. The van der Waals surface area contributed by atoms with Gasteiger partial charge in [-0.2, -0.15) is 5.10 Å². The second-order valence-electron chi connectivity index (χ2n) is 8.65. The Balaban J connectivity index is 1.36. The van der Waals surface area contributed by atoms with Crippen LogP contribution in [0, 0.1) is 0 Å². The molecule has 37 heavy (non-hydrogen) atoms. The molecular weight excluding hydrogens is 472 g/mol. The van der Waals surface area contributed by atoms with Gasteiger partial charge in [-0.05, 0) is 17.7 Å². The molecule has 0 aliphatic heterocycles. The van der Waals surface area contributed by atoms with Gasteiger partial charge in [-0.3, -0.25) is 4.79 Å². The van der Waals surface area contributed by atoms with Crippen LogP contribution in [0.15, 0.2) is 67.0 Å². The quantitative estimate of drug-likeness (QED) is 0.298. The maximum atomic E-state index is 12.6. The first-order valence-electron chi connectivity index (χ1n) is 12.0. The molecule has 1 amide bonds. The molecule has 10 nitrogen and oxygen atoms in total. The molecule has 190 valence electrons. The minimum atomic E-state index is -0.206. The fourth-order valence-corrected chi connectivity index (χ4v) is 4.48. The molecule has 0 bridgehead atoms. The van der Waals surface area contributed by atoms with Gasteiger partial charge in [0.15, 0.2) is 5.65 Å². The van der Waals surface area contributed by atoms with Crippen molar-refractivity contribution < 1.29 is 19.4 Å². The number of aliphatic hydroxyl groups excluding tert-OH is 1. The smallest absolute Gasteiger partial charge is 0.255 e. The summed E-state index contributed by atoms with van der Waals surface area (Å²) in [5.41, 5.74) is 9.87. The van der Waals surface area contributed by atoms with Crippen LogP contribution in [0.25, 0.3) is 22.3 Å². The van der Waals surface area contributed by atoms with Crippen molar-refractivity contribution in [1.82, 2.24) is 25.1 Å². The predicted molar refractivity (Wildman–Crippen MR) is 139 cm³/mol. The topological polar surface area (TPSA) is 137 Å². The predicted octanol–water partition coefficient (Wildman–Crippen LogP) is 2.89. The molecule has 5 rings (SSSR count). The summed E-state index contributed by atoms with van der Waals surface area (Å²) >= 11 is 0. The standard InChI is InChI=1S/C27H28N6O4/c1-36-22-5-3-2-4-21(22)27(35)29-15-17-6-8-18(9-7-17)24-23-25(28)30-16-31-26(23)33(32-24)19-10-11-20(14-19)37-13-12-34/h2-11,16,19-20,34H,12-15H2,1H3,(H,29,35)(H2,28,30,31)/t19-,20-/m0/s1. The van der Waals surface area contributed by atoms with Gasteiger partial charge in [0.25, 0.3) is 5.91 Å².